The highest BCUT2D eigenvalue weighted by Gasteiger charge is 2.46. The molecule has 9 aliphatic carbocycles. The lowest BCUT2D eigenvalue weighted by Gasteiger charge is -2.50. The molecule has 2 unspecified atom stereocenters. The van der Waals surface area contributed by atoms with E-state index in [1.807, 2.05) is 0 Å². The van der Waals surface area contributed by atoms with Gasteiger partial charge in [-0.2, -0.15) is 0 Å². The Morgan fingerprint density at radius 3 is 1.68 bits per heavy atom. The van der Waals surface area contributed by atoms with Crippen LogP contribution in [0.25, 0.3) is 0 Å². The van der Waals surface area contributed by atoms with Crippen molar-refractivity contribution in [2.45, 2.75) is 125 Å². The first-order chi connectivity index (χ1) is 16.4. The first-order valence-corrected chi connectivity index (χ1v) is 15.9. The van der Waals surface area contributed by atoms with Crippen LogP contribution in [0.2, 0.25) is 0 Å². The van der Waals surface area contributed by atoms with E-state index in [9.17, 15) is 13.0 Å². The van der Waals surface area contributed by atoms with Crippen LogP contribution < -0.4 is 0 Å². The molecular formula is C30H41O3S-. The molecule has 1 aromatic carbocycles. The van der Waals surface area contributed by atoms with E-state index in [0.29, 0.717) is 11.8 Å². The van der Waals surface area contributed by atoms with Crippen molar-refractivity contribution in [2.75, 3.05) is 0 Å². The highest BCUT2D eigenvalue weighted by atomic mass is 32.2. The second-order valence-corrected chi connectivity index (χ2v) is 14.8. The lowest BCUT2D eigenvalue weighted by Crippen LogP contribution is -2.40. The Labute approximate surface area is 206 Å². The van der Waals surface area contributed by atoms with Gasteiger partial charge in [-0.25, -0.2) is 8.42 Å². The van der Waals surface area contributed by atoms with Gasteiger partial charge in [0.1, 0.15) is 10.1 Å². The summed E-state index contributed by atoms with van der Waals surface area (Å²) >= 11 is 0. The van der Waals surface area contributed by atoms with Crippen LogP contribution in [0.3, 0.4) is 0 Å². The molecule has 0 heterocycles. The van der Waals surface area contributed by atoms with E-state index < -0.39 is 10.1 Å². The maximum Gasteiger partial charge on any atom is 0.125 e. The van der Waals surface area contributed by atoms with Gasteiger partial charge in [-0.15, -0.1) is 0 Å². The van der Waals surface area contributed by atoms with Crippen molar-refractivity contribution in [3.63, 3.8) is 0 Å². The molecule has 34 heavy (non-hydrogen) atoms. The van der Waals surface area contributed by atoms with E-state index in [4.69, 9.17) is 0 Å². The number of hydrogen-bond donors (Lipinski definition) is 0. The highest BCUT2D eigenvalue weighted by Crippen LogP contribution is 2.58. The smallest absolute Gasteiger partial charge is 0.125 e. The average molecular weight is 482 g/mol. The third-order valence-corrected chi connectivity index (χ3v) is 12.9. The van der Waals surface area contributed by atoms with Gasteiger partial charge in [-0.1, -0.05) is 37.8 Å². The summed E-state index contributed by atoms with van der Waals surface area (Å²) in [7, 11) is -4.52. The summed E-state index contributed by atoms with van der Waals surface area (Å²) in [4.78, 5) is 0.259. The quantitative estimate of drug-likeness (QED) is 0.421. The van der Waals surface area contributed by atoms with Crippen LogP contribution in [0.1, 0.15) is 131 Å². The van der Waals surface area contributed by atoms with Crippen LogP contribution in [0, 0.1) is 29.6 Å². The number of benzene rings is 1. The van der Waals surface area contributed by atoms with Crippen molar-refractivity contribution in [3.05, 3.63) is 28.8 Å². The minimum Gasteiger partial charge on any atom is -0.744 e. The van der Waals surface area contributed by atoms with Crippen LogP contribution >= 0.6 is 0 Å². The van der Waals surface area contributed by atoms with Crippen LogP contribution in [-0.4, -0.2) is 13.0 Å². The van der Waals surface area contributed by atoms with Crippen LogP contribution in [0.4, 0.5) is 0 Å². The Morgan fingerprint density at radius 2 is 1.21 bits per heavy atom. The lowest BCUT2D eigenvalue weighted by molar-refractivity contribution is 0.128. The summed E-state index contributed by atoms with van der Waals surface area (Å²) in [6, 6.07) is 4.59. The Balaban J connectivity index is 1.42. The first kappa shape index (κ1) is 22.3. The van der Waals surface area contributed by atoms with Gasteiger partial charge >= 0.3 is 0 Å². The van der Waals surface area contributed by atoms with Gasteiger partial charge in [0.2, 0.25) is 0 Å². The van der Waals surface area contributed by atoms with Crippen molar-refractivity contribution >= 4 is 10.1 Å². The van der Waals surface area contributed by atoms with Gasteiger partial charge < -0.3 is 4.55 Å². The molecule has 0 spiro atoms. The second-order valence-electron chi connectivity index (χ2n) is 13.4. The SMILES string of the molecule is O=S(=O)([O-])c1c(C2CC3CCC2CC3)cc(C2CC3CCC2CC3)cc1C12CCC(CC1)CC2. The Hall–Kier alpha value is -0.870. The fourth-order valence-corrected chi connectivity index (χ4v) is 11.1. The Kier molecular flexibility index (Phi) is 5.30. The van der Waals surface area contributed by atoms with Crippen molar-refractivity contribution in [1.82, 2.24) is 0 Å². The Bertz CT molecular complexity index is 1040. The van der Waals surface area contributed by atoms with Crippen molar-refractivity contribution in [2.24, 2.45) is 29.6 Å². The van der Waals surface area contributed by atoms with E-state index in [2.05, 4.69) is 12.1 Å². The van der Waals surface area contributed by atoms with E-state index in [0.717, 1.165) is 60.5 Å². The van der Waals surface area contributed by atoms with E-state index in [-0.39, 0.29) is 16.2 Å². The molecule has 1 aromatic rings. The van der Waals surface area contributed by atoms with Gasteiger partial charge in [0, 0.05) is 0 Å². The van der Waals surface area contributed by atoms with Crippen LogP contribution in [-0.2, 0) is 15.5 Å². The molecule has 0 N–H and O–H groups in total. The van der Waals surface area contributed by atoms with Gasteiger partial charge in [0.15, 0.2) is 0 Å². The largest absolute Gasteiger partial charge is 0.744 e. The second kappa shape index (κ2) is 8.07. The molecule has 9 fully saturated rings. The molecule has 3 nitrogen and oxygen atoms in total. The number of rotatable bonds is 4. The fourth-order valence-electron chi connectivity index (χ4n) is 10.0. The minimum atomic E-state index is -4.52. The Morgan fingerprint density at radius 1 is 0.676 bits per heavy atom. The topological polar surface area (TPSA) is 57.2 Å². The van der Waals surface area contributed by atoms with Crippen molar-refractivity contribution in [3.8, 4) is 0 Å². The van der Waals surface area contributed by atoms with Gasteiger partial charge in [0.25, 0.3) is 0 Å². The zero-order valence-electron chi connectivity index (χ0n) is 20.6. The summed E-state index contributed by atoms with van der Waals surface area (Å²) in [5.74, 6) is 4.56. The molecule has 186 valence electrons. The number of fused-ring (bicyclic) bond motifs is 9. The molecule has 0 radical (unpaired) electrons. The molecule has 0 amide bonds. The summed E-state index contributed by atoms with van der Waals surface area (Å²) in [6.45, 7) is 0. The third-order valence-electron chi connectivity index (χ3n) is 12.0. The lowest BCUT2D eigenvalue weighted by atomic mass is 9.56. The standard InChI is InChI=1S/C30H42O3S/c31-34(32,33)29-27(26-16-21-3-7-23(26)8-4-21)17-24(25-15-20-1-5-22(25)6-2-20)18-28(29)30-12-9-19(10-13-30)11-14-30/h17-23,25-26H,1-16H2,(H,31,32,33)/p-1. The third kappa shape index (κ3) is 3.56. The van der Waals surface area contributed by atoms with Gasteiger partial charge in [-0.3, -0.25) is 0 Å². The molecule has 4 heteroatoms. The maximum atomic E-state index is 13.1. The summed E-state index contributed by atoms with van der Waals surface area (Å²) in [5.41, 5.74) is 3.29. The maximum absolute atomic E-state index is 13.1. The average Bonchev–Trinajstić information content (AvgIpc) is 2.90. The van der Waals surface area contributed by atoms with Crippen molar-refractivity contribution < 1.29 is 13.0 Å². The predicted molar refractivity (Wildman–Crippen MR) is 133 cm³/mol. The van der Waals surface area contributed by atoms with Gasteiger partial charge in [-0.05, 0) is 141 Å². The molecule has 2 atom stereocenters. The molecule has 0 saturated heterocycles. The molecule has 0 aliphatic heterocycles. The van der Waals surface area contributed by atoms with E-state index >= 15 is 0 Å². The van der Waals surface area contributed by atoms with Crippen molar-refractivity contribution in [1.29, 1.82) is 0 Å². The normalized spacial score (nSPS) is 43.4. The number of hydrogen-bond acceptors (Lipinski definition) is 3. The highest BCUT2D eigenvalue weighted by molar-refractivity contribution is 7.85. The zero-order valence-corrected chi connectivity index (χ0v) is 21.5. The molecule has 0 aromatic heterocycles. The zero-order chi connectivity index (χ0) is 23.1. The van der Waals surface area contributed by atoms with Crippen LogP contribution in [0.5, 0.6) is 0 Å². The molecule has 9 saturated carbocycles. The summed E-state index contributed by atoms with van der Waals surface area (Å²) in [6.07, 6.45) is 19.7. The fraction of sp³-hybridized carbons (Fsp3) is 0.800. The van der Waals surface area contributed by atoms with E-state index in [1.165, 1.54) is 82.6 Å². The van der Waals surface area contributed by atoms with Gasteiger partial charge in [0.05, 0.1) is 4.90 Å². The first-order valence-electron chi connectivity index (χ1n) is 14.5. The molecule has 10 rings (SSSR count). The van der Waals surface area contributed by atoms with Crippen LogP contribution in [0.15, 0.2) is 17.0 Å². The molecule has 6 bridgehead atoms. The predicted octanol–water partition coefficient (Wildman–Crippen LogP) is 7.40. The molecule has 9 aliphatic rings. The summed E-state index contributed by atoms with van der Waals surface area (Å²) < 4.78 is 39.3. The molecular weight excluding hydrogens is 440 g/mol. The monoisotopic (exact) mass is 481 g/mol. The summed E-state index contributed by atoms with van der Waals surface area (Å²) in [5, 5.41) is 0. The minimum absolute atomic E-state index is 0.0757. The van der Waals surface area contributed by atoms with E-state index in [1.54, 1.807) is 0 Å².